The minimum absolute atomic E-state index is 0.143. The zero-order valence-electron chi connectivity index (χ0n) is 12.3. The molecule has 2 aromatic rings. The van der Waals surface area contributed by atoms with Crippen molar-refractivity contribution >= 4 is 37.8 Å². The van der Waals surface area contributed by atoms with Crippen LogP contribution in [0.5, 0.6) is 11.5 Å². The Morgan fingerprint density at radius 3 is 2.46 bits per heavy atom. The zero-order valence-corrected chi connectivity index (χ0v) is 15.4. The highest BCUT2D eigenvalue weighted by molar-refractivity contribution is 9.11. The smallest absolute Gasteiger partial charge is 0.328 e. The molecule has 0 saturated carbocycles. The number of carboxylic acid groups (broad SMARTS) is 1. The van der Waals surface area contributed by atoms with Crippen LogP contribution in [0.15, 0.2) is 63.6 Å². The fraction of sp³-hybridized carbons (Fsp3) is 0.118. The summed E-state index contributed by atoms with van der Waals surface area (Å²) in [6.45, 7) is 0. The lowest BCUT2D eigenvalue weighted by Gasteiger charge is -2.23. The number of halogens is 2. The molecule has 126 valence electrons. The SMILES string of the molecule is O=C(O)/C=C/[C@@H](Oc1ccccc1)[C@H](O)c1cc(Br)cc(Br)c1O. The maximum absolute atomic E-state index is 10.8. The third-order valence-corrected chi connectivity index (χ3v) is 4.19. The number of hydrogen-bond acceptors (Lipinski definition) is 4. The molecule has 7 heteroatoms. The summed E-state index contributed by atoms with van der Waals surface area (Å²) in [5.41, 5.74) is 0.201. The number of aromatic hydroxyl groups is 1. The molecule has 5 nitrogen and oxygen atoms in total. The second-order valence-electron chi connectivity index (χ2n) is 4.86. The number of carbonyl (C=O) groups is 1. The molecule has 3 N–H and O–H groups in total. The largest absolute Gasteiger partial charge is 0.506 e. The standard InChI is InChI=1S/C17H14Br2O5/c18-10-8-12(16(22)13(19)9-10)17(23)14(6-7-15(20)21)24-11-4-2-1-3-5-11/h1-9,14,17,22-23H,(H,20,21)/b7-6+/t14-,17-/m1/s1. The van der Waals surface area contributed by atoms with Crippen LogP contribution >= 0.6 is 31.9 Å². The van der Waals surface area contributed by atoms with Gasteiger partial charge in [0.05, 0.1) is 4.47 Å². The van der Waals surface area contributed by atoms with E-state index in [4.69, 9.17) is 9.84 Å². The van der Waals surface area contributed by atoms with Gasteiger partial charge in [-0.2, -0.15) is 0 Å². The minimum Gasteiger partial charge on any atom is -0.506 e. The maximum atomic E-state index is 10.8. The summed E-state index contributed by atoms with van der Waals surface area (Å²) in [5, 5.41) is 29.6. The minimum atomic E-state index is -1.28. The van der Waals surface area contributed by atoms with Crippen LogP contribution in [0.3, 0.4) is 0 Å². The van der Waals surface area contributed by atoms with Gasteiger partial charge >= 0.3 is 5.97 Å². The summed E-state index contributed by atoms with van der Waals surface area (Å²) in [6, 6.07) is 11.9. The number of ether oxygens (including phenoxy) is 1. The first-order chi connectivity index (χ1) is 11.4. The zero-order chi connectivity index (χ0) is 17.7. The van der Waals surface area contributed by atoms with Crippen molar-refractivity contribution in [3.63, 3.8) is 0 Å². The van der Waals surface area contributed by atoms with Crippen molar-refractivity contribution in [3.8, 4) is 11.5 Å². The number of carboxylic acids is 1. The number of phenolic OH excluding ortho intramolecular Hbond substituents is 1. The number of hydrogen-bond donors (Lipinski definition) is 3. The molecule has 0 heterocycles. The van der Waals surface area contributed by atoms with E-state index >= 15 is 0 Å². The third-order valence-electron chi connectivity index (χ3n) is 3.13. The molecular formula is C17H14Br2O5. The predicted octanol–water partition coefficient (Wildman–Crippen LogP) is 4.04. The number of benzene rings is 2. The first kappa shape index (κ1) is 18.5. The van der Waals surface area contributed by atoms with Crippen LogP contribution in [-0.2, 0) is 4.79 Å². The van der Waals surface area contributed by atoms with Crippen LogP contribution in [0.1, 0.15) is 11.7 Å². The van der Waals surface area contributed by atoms with Crippen LogP contribution in [0.2, 0.25) is 0 Å². The Hall–Kier alpha value is -1.83. The van der Waals surface area contributed by atoms with E-state index in [0.717, 1.165) is 6.08 Å². The number of para-hydroxylation sites is 1. The lowest BCUT2D eigenvalue weighted by Crippen LogP contribution is -2.23. The maximum Gasteiger partial charge on any atom is 0.328 e. The first-order valence-electron chi connectivity index (χ1n) is 6.87. The van der Waals surface area contributed by atoms with Crippen molar-refractivity contribution in [1.29, 1.82) is 0 Å². The van der Waals surface area contributed by atoms with Crippen molar-refractivity contribution in [2.24, 2.45) is 0 Å². The molecule has 24 heavy (non-hydrogen) atoms. The Morgan fingerprint density at radius 2 is 1.83 bits per heavy atom. The summed E-state index contributed by atoms with van der Waals surface area (Å²) < 4.78 is 6.71. The van der Waals surface area contributed by atoms with Crippen LogP contribution in [0.25, 0.3) is 0 Å². The van der Waals surface area contributed by atoms with E-state index in [1.807, 2.05) is 6.07 Å². The summed E-state index contributed by atoms with van der Waals surface area (Å²) in [6.07, 6.45) is -0.167. The van der Waals surface area contributed by atoms with Crippen molar-refractivity contribution in [2.75, 3.05) is 0 Å². The van der Waals surface area contributed by atoms with E-state index < -0.39 is 18.2 Å². The third kappa shape index (κ3) is 4.83. The summed E-state index contributed by atoms with van der Waals surface area (Å²) in [4.78, 5) is 10.8. The Labute approximate surface area is 155 Å². The molecule has 0 aliphatic rings. The molecule has 0 fully saturated rings. The molecule has 0 aliphatic heterocycles. The van der Waals surface area contributed by atoms with Crippen molar-refractivity contribution in [1.82, 2.24) is 0 Å². The van der Waals surface area contributed by atoms with Crippen LogP contribution in [-0.4, -0.2) is 27.4 Å². The Bertz CT molecular complexity index is 746. The molecule has 0 unspecified atom stereocenters. The molecule has 0 bridgehead atoms. The van der Waals surface area contributed by atoms with Gasteiger partial charge in [0.15, 0.2) is 0 Å². The summed E-state index contributed by atoms with van der Waals surface area (Å²) in [5.74, 6) is -0.843. The van der Waals surface area contributed by atoms with Gasteiger partial charge in [0.1, 0.15) is 23.7 Å². The van der Waals surface area contributed by atoms with E-state index in [-0.39, 0.29) is 11.3 Å². The fourth-order valence-electron chi connectivity index (χ4n) is 2.03. The lowest BCUT2D eigenvalue weighted by atomic mass is 10.0. The van der Waals surface area contributed by atoms with Gasteiger partial charge in [-0.15, -0.1) is 0 Å². The van der Waals surface area contributed by atoms with Gasteiger partial charge in [0, 0.05) is 16.1 Å². The Balaban J connectivity index is 2.37. The molecule has 2 atom stereocenters. The predicted molar refractivity (Wildman–Crippen MR) is 96.1 cm³/mol. The summed E-state index contributed by atoms with van der Waals surface area (Å²) in [7, 11) is 0. The highest BCUT2D eigenvalue weighted by Gasteiger charge is 2.25. The van der Waals surface area contributed by atoms with E-state index in [1.165, 1.54) is 6.08 Å². The van der Waals surface area contributed by atoms with Gasteiger partial charge in [-0.1, -0.05) is 34.1 Å². The first-order valence-corrected chi connectivity index (χ1v) is 8.46. The van der Waals surface area contributed by atoms with Gasteiger partial charge < -0.3 is 20.1 Å². The molecule has 0 saturated heterocycles. The van der Waals surface area contributed by atoms with Crippen molar-refractivity contribution in [3.05, 3.63) is 69.1 Å². The van der Waals surface area contributed by atoms with Gasteiger partial charge in [0.25, 0.3) is 0 Å². The highest BCUT2D eigenvalue weighted by Crippen LogP contribution is 2.37. The molecule has 2 rings (SSSR count). The molecule has 2 aromatic carbocycles. The Kier molecular flexibility index (Phi) is 6.42. The quantitative estimate of drug-likeness (QED) is 0.570. The average molecular weight is 458 g/mol. The van der Waals surface area contributed by atoms with Crippen LogP contribution < -0.4 is 4.74 Å². The number of phenols is 1. The van der Waals surface area contributed by atoms with Crippen molar-refractivity contribution < 1.29 is 24.9 Å². The molecule has 0 aromatic heterocycles. The normalized spacial score (nSPS) is 13.6. The van der Waals surface area contributed by atoms with Gasteiger partial charge in [-0.05, 0) is 46.3 Å². The highest BCUT2D eigenvalue weighted by atomic mass is 79.9. The second kappa shape index (κ2) is 8.32. The molecule has 0 spiro atoms. The fourth-order valence-corrected chi connectivity index (χ4v) is 3.29. The molecule has 0 amide bonds. The molecular weight excluding hydrogens is 444 g/mol. The second-order valence-corrected chi connectivity index (χ2v) is 6.63. The van der Waals surface area contributed by atoms with Gasteiger partial charge in [-0.25, -0.2) is 4.79 Å². The lowest BCUT2D eigenvalue weighted by molar-refractivity contribution is -0.131. The number of aliphatic carboxylic acids is 1. The summed E-state index contributed by atoms with van der Waals surface area (Å²) >= 11 is 6.49. The number of aliphatic hydroxyl groups excluding tert-OH is 1. The van der Waals surface area contributed by atoms with Gasteiger partial charge in [-0.3, -0.25) is 0 Å². The van der Waals surface area contributed by atoms with Crippen LogP contribution in [0, 0.1) is 0 Å². The topological polar surface area (TPSA) is 87.0 Å². The monoisotopic (exact) mass is 456 g/mol. The number of aliphatic hydroxyl groups is 1. The van der Waals surface area contributed by atoms with E-state index in [1.54, 1.807) is 36.4 Å². The Morgan fingerprint density at radius 1 is 1.17 bits per heavy atom. The van der Waals surface area contributed by atoms with E-state index in [2.05, 4.69) is 31.9 Å². The number of rotatable bonds is 6. The van der Waals surface area contributed by atoms with Gasteiger partial charge in [0.2, 0.25) is 0 Å². The molecule has 0 aliphatic carbocycles. The van der Waals surface area contributed by atoms with E-state index in [0.29, 0.717) is 14.7 Å². The van der Waals surface area contributed by atoms with Crippen molar-refractivity contribution in [2.45, 2.75) is 12.2 Å². The van der Waals surface area contributed by atoms with Crippen LogP contribution in [0.4, 0.5) is 0 Å². The average Bonchev–Trinajstić information content (AvgIpc) is 2.55. The molecule has 0 radical (unpaired) electrons. The van der Waals surface area contributed by atoms with E-state index in [9.17, 15) is 15.0 Å².